The summed E-state index contributed by atoms with van der Waals surface area (Å²) in [6.45, 7) is 3.57. The third-order valence-electron chi connectivity index (χ3n) is 3.92. The normalized spacial score (nSPS) is 22.9. The molecule has 1 amide bonds. The van der Waals surface area contributed by atoms with Crippen LogP contribution in [0.15, 0.2) is 11.4 Å². The van der Waals surface area contributed by atoms with Gasteiger partial charge in [0.15, 0.2) is 0 Å². The van der Waals surface area contributed by atoms with E-state index in [0.717, 1.165) is 19.4 Å². The monoisotopic (exact) mass is 264 g/mol. The van der Waals surface area contributed by atoms with Gasteiger partial charge in [0.1, 0.15) is 0 Å². The second-order valence-electron chi connectivity index (χ2n) is 5.22. The smallest absolute Gasteiger partial charge is 0.237 e. The maximum Gasteiger partial charge on any atom is 0.237 e. The van der Waals surface area contributed by atoms with Crippen molar-refractivity contribution in [2.24, 2.45) is 0 Å². The van der Waals surface area contributed by atoms with Crippen LogP contribution in [0.25, 0.3) is 0 Å². The summed E-state index contributed by atoms with van der Waals surface area (Å²) >= 11 is 1.83. The minimum absolute atomic E-state index is 0.269. The highest BCUT2D eigenvalue weighted by Gasteiger charge is 2.31. The van der Waals surface area contributed by atoms with Crippen molar-refractivity contribution in [1.82, 2.24) is 10.2 Å². The molecule has 1 fully saturated rings. The molecule has 1 aliphatic carbocycles. The lowest BCUT2D eigenvalue weighted by molar-refractivity contribution is -0.133. The van der Waals surface area contributed by atoms with Gasteiger partial charge < -0.3 is 10.2 Å². The molecule has 0 aromatic carbocycles. The van der Waals surface area contributed by atoms with Gasteiger partial charge >= 0.3 is 0 Å². The first kappa shape index (κ1) is 12.2. The number of fused-ring (bicyclic) bond motifs is 1. The predicted octanol–water partition coefficient (Wildman–Crippen LogP) is 2.34. The molecule has 1 atom stereocenters. The molecule has 1 aromatic heterocycles. The molecule has 3 rings (SSSR count). The average molecular weight is 264 g/mol. The Balaban J connectivity index is 1.69. The van der Waals surface area contributed by atoms with Gasteiger partial charge in [0.05, 0.1) is 12.6 Å². The third-order valence-corrected chi connectivity index (χ3v) is 4.92. The number of nitrogens with zero attached hydrogens (tertiary/aromatic N) is 1. The third kappa shape index (κ3) is 2.31. The lowest BCUT2D eigenvalue weighted by atomic mass is 9.98. The highest BCUT2D eigenvalue weighted by Crippen LogP contribution is 2.35. The summed E-state index contributed by atoms with van der Waals surface area (Å²) < 4.78 is 0. The Morgan fingerprint density at radius 3 is 3.11 bits per heavy atom. The van der Waals surface area contributed by atoms with Crippen molar-refractivity contribution in [1.29, 1.82) is 0 Å². The van der Waals surface area contributed by atoms with Crippen molar-refractivity contribution in [2.45, 2.75) is 44.7 Å². The molecular weight excluding hydrogens is 244 g/mol. The van der Waals surface area contributed by atoms with Crippen LogP contribution in [-0.4, -0.2) is 29.9 Å². The Bertz CT molecular complexity index is 439. The fraction of sp³-hybridized carbons (Fsp3) is 0.643. The van der Waals surface area contributed by atoms with Crippen LogP contribution in [0.5, 0.6) is 0 Å². The van der Waals surface area contributed by atoms with E-state index in [1.54, 1.807) is 0 Å². The van der Waals surface area contributed by atoms with Gasteiger partial charge in [-0.1, -0.05) is 6.92 Å². The van der Waals surface area contributed by atoms with Crippen LogP contribution >= 0.6 is 11.3 Å². The van der Waals surface area contributed by atoms with Gasteiger partial charge in [0, 0.05) is 17.5 Å². The molecule has 4 heteroatoms. The molecule has 0 radical (unpaired) electrons. The summed E-state index contributed by atoms with van der Waals surface area (Å²) in [7, 11) is 0. The molecule has 1 unspecified atom stereocenters. The second-order valence-corrected chi connectivity index (χ2v) is 6.22. The molecule has 2 aliphatic rings. The first-order valence-corrected chi connectivity index (χ1v) is 7.76. The molecule has 1 aliphatic heterocycles. The van der Waals surface area contributed by atoms with Crippen molar-refractivity contribution in [3.05, 3.63) is 21.9 Å². The average Bonchev–Trinajstić information content (AvgIpc) is 3.10. The van der Waals surface area contributed by atoms with Crippen LogP contribution in [0, 0.1) is 0 Å². The summed E-state index contributed by atoms with van der Waals surface area (Å²) in [6.07, 6.45) is 4.51. The number of carbonyl (C=O) groups is 1. The summed E-state index contributed by atoms with van der Waals surface area (Å²) in [5, 5.41) is 5.48. The molecule has 0 bridgehead atoms. The van der Waals surface area contributed by atoms with E-state index in [-0.39, 0.29) is 5.91 Å². The van der Waals surface area contributed by atoms with Crippen LogP contribution in [0.4, 0.5) is 0 Å². The quantitative estimate of drug-likeness (QED) is 0.905. The Kier molecular flexibility index (Phi) is 3.39. The molecule has 2 heterocycles. The fourth-order valence-corrected chi connectivity index (χ4v) is 3.68. The molecule has 98 valence electrons. The van der Waals surface area contributed by atoms with Crippen molar-refractivity contribution < 1.29 is 4.79 Å². The summed E-state index contributed by atoms with van der Waals surface area (Å²) in [4.78, 5) is 15.8. The maximum atomic E-state index is 12.3. The summed E-state index contributed by atoms with van der Waals surface area (Å²) in [5.41, 5.74) is 1.38. The first-order valence-electron chi connectivity index (χ1n) is 6.88. The molecule has 1 N–H and O–H groups in total. The van der Waals surface area contributed by atoms with Crippen LogP contribution in [0.2, 0.25) is 0 Å². The van der Waals surface area contributed by atoms with Crippen LogP contribution < -0.4 is 5.32 Å². The largest absolute Gasteiger partial charge is 0.334 e. The van der Waals surface area contributed by atoms with E-state index in [4.69, 9.17) is 0 Å². The van der Waals surface area contributed by atoms with Gasteiger partial charge in [0.2, 0.25) is 5.91 Å². The maximum absolute atomic E-state index is 12.3. The Labute approximate surface area is 112 Å². The first-order chi connectivity index (χ1) is 8.79. The number of amides is 1. The lowest BCUT2D eigenvalue weighted by Crippen LogP contribution is -2.44. The number of hydrogen-bond acceptors (Lipinski definition) is 3. The van der Waals surface area contributed by atoms with Crippen molar-refractivity contribution in [2.75, 3.05) is 13.1 Å². The van der Waals surface area contributed by atoms with E-state index >= 15 is 0 Å². The minimum atomic E-state index is 0.269. The zero-order valence-electron chi connectivity index (χ0n) is 10.8. The number of nitrogens with one attached hydrogen (secondary N) is 1. The zero-order chi connectivity index (χ0) is 12.5. The van der Waals surface area contributed by atoms with E-state index < -0.39 is 0 Å². The molecular formula is C14H20N2OS. The van der Waals surface area contributed by atoms with E-state index in [1.807, 2.05) is 11.3 Å². The van der Waals surface area contributed by atoms with Crippen LogP contribution in [0.3, 0.4) is 0 Å². The number of rotatable bonds is 4. The van der Waals surface area contributed by atoms with Crippen LogP contribution in [0.1, 0.15) is 42.7 Å². The van der Waals surface area contributed by atoms with Crippen LogP contribution in [-0.2, 0) is 11.2 Å². The summed E-state index contributed by atoms with van der Waals surface area (Å²) in [6, 6.07) is 3.10. The molecule has 3 nitrogen and oxygen atoms in total. The Morgan fingerprint density at radius 1 is 1.56 bits per heavy atom. The van der Waals surface area contributed by atoms with Crippen molar-refractivity contribution >= 4 is 17.2 Å². The molecule has 0 spiro atoms. The molecule has 1 saturated carbocycles. The minimum Gasteiger partial charge on any atom is -0.334 e. The van der Waals surface area contributed by atoms with E-state index in [0.29, 0.717) is 18.6 Å². The van der Waals surface area contributed by atoms with Crippen molar-refractivity contribution in [3.63, 3.8) is 0 Å². The van der Waals surface area contributed by atoms with Gasteiger partial charge in [-0.2, -0.15) is 0 Å². The standard InChI is InChI=1S/C14H20N2OS/c1-2-12-11-6-8-18-13(11)5-7-16(12)14(17)9-15-10-3-4-10/h6,8,10,12,15H,2-5,7,9H2,1H3. The van der Waals surface area contributed by atoms with Gasteiger partial charge in [-0.3, -0.25) is 4.79 Å². The highest BCUT2D eigenvalue weighted by atomic mass is 32.1. The summed E-state index contributed by atoms with van der Waals surface area (Å²) in [5.74, 6) is 0.269. The Hall–Kier alpha value is -0.870. The topological polar surface area (TPSA) is 32.3 Å². The fourth-order valence-electron chi connectivity index (χ4n) is 2.76. The Morgan fingerprint density at radius 2 is 2.39 bits per heavy atom. The van der Waals surface area contributed by atoms with Gasteiger partial charge in [-0.25, -0.2) is 0 Å². The SMILES string of the molecule is CCC1c2ccsc2CCN1C(=O)CNC1CC1. The van der Waals surface area contributed by atoms with Gasteiger partial charge in [-0.15, -0.1) is 11.3 Å². The molecule has 1 aromatic rings. The number of carbonyl (C=O) groups excluding carboxylic acids is 1. The lowest BCUT2D eigenvalue weighted by Gasteiger charge is -2.35. The number of hydrogen-bond donors (Lipinski definition) is 1. The van der Waals surface area contributed by atoms with Gasteiger partial charge in [0.25, 0.3) is 0 Å². The molecule has 0 saturated heterocycles. The van der Waals surface area contributed by atoms with E-state index in [9.17, 15) is 4.79 Å². The van der Waals surface area contributed by atoms with Crippen molar-refractivity contribution in [3.8, 4) is 0 Å². The molecule has 18 heavy (non-hydrogen) atoms. The zero-order valence-corrected chi connectivity index (χ0v) is 11.6. The predicted molar refractivity (Wildman–Crippen MR) is 73.8 cm³/mol. The second kappa shape index (κ2) is 5.02. The van der Waals surface area contributed by atoms with E-state index in [2.05, 4.69) is 28.6 Å². The highest BCUT2D eigenvalue weighted by molar-refractivity contribution is 7.10. The van der Waals surface area contributed by atoms with Gasteiger partial charge in [-0.05, 0) is 42.7 Å². The number of thiophene rings is 1. The van der Waals surface area contributed by atoms with E-state index in [1.165, 1.54) is 23.3 Å².